The molecule has 1 aromatic carbocycles. The molecule has 4 heteroatoms. The zero-order valence-corrected chi connectivity index (χ0v) is 10.8. The maximum atomic E-state index is 13.7. The fourth-order valence-corrected chi connectivity index (χ4v) is 1.96. The van der Waals surface area contributed by atoms with Crippen LogP contribution in [-0.2, 0) is 0 Å². The van der Waals surface area contributed by atoms with E-state index < -0.39 is 11.6 Å². The Bertz CT molecular complexity index is 594. The summed E-state index contributed by atoms with van der Waals surface area (Å²) in [7, 11) is 0. The van der Waals surface area contributed by atoms with E-state index in [0.29, 0.717) is 11.1 Å². The van der Waals surface area contributed by atoms with Crippen molar-refractivity contribution in [3.8, 4) is 0 Å². The highest BCUT2D eigenvalue weighted by Gasteiger charge is 2.14. The van der Waals surface area contributed by atoms with Gasteiger partial charge in [-0.1, -0.05) is 6.92 Å². The van der Waals surface area contributed by atoms with Crippen LogP contribution >= 0.6 is 0 Å². The molecule has 0 aliphatic carbocycles. The Hall–Kier alpha value is -1.71. The summed E-state index contributed by atoms with van der Waals surface area (Å²) in [4.78, 5) is 4.15. The van der Waals surface area contributed by atoms with Crippen LogP contribution in [-0.4, -0.2) is 11.5 Å². The van der Waals surface area contributed by atoms with E-state index in [1.165, 1.54) is 0 Å². The molecule has 0 bridgehead atoms. The number of halogens is 2. The predicted molar refractivity (Wildman–Crippen MR) is 69.9 cm³/mol. The molecule has 0 amide bonds. The van der Waals surface area contributed by atoms with Crippen molar-refractivity contribution in [3.63, 3.8) is 0 Å². The molecule has 0 fully saturated rings. The number of pyridine rings is 1. The van der Waals surface area contributed by atoms with Gasteiger partial charge in [0, 0.05) is 23.3 Å². The van der Waals surface area contributed by atoms with Gasteiger partial charge < -0.3 is 5.32 Å². The molecule has 18 heavy (non-hydrogen) atoms. The second-order valence-corrected chi connectivity index (χ2v) is 4.38. The van der Waals surface area contributed by atoms with Gasteiger partial charge in [-0.15, -0.1) is 0 Å². The van der Waals surface area contributed by atoms with E-state index in [9.17, 15) is 8.78 Å². The Labute approximate surface area is 105 Å². The van der Waals surface area contributed by atoms with Gasteiger partial charge in [0.15, 0.2) is 11.6 Å². The second-order valence-electron chi connectivity index (χ2n) is 4.38. The molecule has 0 saturated carbocycles. The van der Waals surface area contributed by atoms with Crippen molar-refractivity contribution >= 4 is 16.6 Å². The van der Waals surface area contributed by atoms with E-state index in [0.717, 1.165) is 30.3 Å². The Balaban J connectivity index is 2.73. The molecule has 0 radical (unpaired) electrons. The van der Waals surface area contributed by atoms with Gasteiger partial charge in [0.2, 0.25) is 0 Å². The van der Waals surface area contributed by atoms with Crippen LogP contribution in [0.4, 0.5) is 14.5 Å². The largest absolute Gasteiger partial charge is 0.384 e. The van der Waals surface area contributed by atoms with E-state index in [-0.39, 0.29) is 5.52 Å². The molecule has 2 rings (SSSR count). The normalized spacial score (nSPS) is 10.9. The fraction of sp³-hybridized carbons (Fsp3) is 0.357. The first-order chi connectivity index (χ1) is 8.56. The molecule has 1 N–H and O–H groups in total. The fourth-order valence-electron chi connectivity index (χ4n) is 1.96. The zero-order valence-electron chi connectivity index (χ0n) is 10.8. The van der Waals surface area contributed by atoms with Gasteiger partial charge in [-0.25, -0.2) is 13.8 Å². The molecule has 2 aromatic rings. The summed E-state index contributed by atoms with van der Waals surface area (Å²) in [6.07, 6.45) is 0.964. The lowest BCUT2D eigenvalue weighted by molar-refractivity contribution is 0.515. The molecule has 0 aliphatic rings. The van der Waals surface area contributed by atoms with Crippen LogP contribution in [0.15, 0.2) is 12.1 Å². The first kappa shape index (κ1) is 12.7. The van der Waals surface area contributed by atoms with Crippen molar-refractivity contribution in [3.05, 3.63) is 35.0 Å². The van der Waals surface area contributed by atoms with Gasteiger partial charge in [0.05, 0.1) is 0 Å². The molecule has 0 atom stereocenters. The number of nitrogens with one attached hydrogen (secondary N) is 1. The molecule has 1 aromatic heterocycles. The Morgan fingerprint density at radius 2 is 1.94 bits per heavy atom. The van der Waals surface area contributed by atoms with Gasteiger partial charge >= 0.3 is 0 Å². The molecule has 0 saturated heterocycles. The van der Waals surface area contributed by atoms with Crippen LogP contribution in [0.25, 0.3) is 10.9 Å². The van der Waals surface area contributed by atoms with Crippen molar-refractivity contribution < 1.29 is 8.78 Å². The maximum absolute atomic E-state index is 13.7. The topological polar surface area (TPSA) is 24.9 Å². The number of fused-ring (bicyclic) bond motifs is 1. The SMILES string of the molecule is CCCNc1c(C)c(C)nc2c(F)c(F)ccc12. The van der Waals surface area contributed by atoms with Crippen molar-refractivity contribution in [1.82, 2.24) is 4.98 Å². The maximum Gasteiger partial charge on any atom is 0.185 e. The molecule has 2 nitrogen and oxygen atoms in total. The smallest absolute Gasteiger partial charge is 0.185 e. The first-order valence-electron chi connectivity index (χ1n) is 6.05. The Morgan fingerprint density at radius 3 is 2.61 bits per heavy atom. The molecule has 0 spiro atoms. The van der Waals surface area contributed by atoms with Crippen LogP contribution in [0.2, 0.25) is 0 Å². The number of hydrogen-bond donors (Lipinski definition) is 1. The average Bonchev–Trinajstić information content (AvgIpc) is 2.35. The third-order valence-corrected chi connectivity index (χ3v) is 3.09. The summed E-state index contributed by atoms with van der Waals surface area (Å²) in [5, 5.41) is 3.89. The zero-order chi connectivity index (χ0) is 13.3. The van der Waals surface area contributed by atoms with Crippen LogP contribution in [0, 0.1) is 25.5 Å². The number of nitrogens with zero attached hydrogens (tertiary/aromatic N) is 1. The van der Waals surface area contributed by atoms with Crippen molar-refractivity contribution in [1.29, 1.82) is 0 Å². The monoisotopic (exact) mass is 250 g/mol. The lowest BCUT2D eigenvalue weighted by Crippen LogP contribution is -2.05. The van der Waals surface area contributed by atoms with Gasteiger partial charge in [-0.05, 0) is 38.0 Å². The van der Waals surface area contributed by atoms with Gasteiger partial charge in [0.25, 0.3) is 0 Å². The van der Waals surface area contributed by atoms with Crippen molar-refractivity contribution in [2.45, 2.75) is 27.2 Å². The number of aromatic nitrogens is 1. The van der Waals surface area contributed by atoms with Crippen LogP contribution in [0.1, 0.15) is 24.6 Å². The highest BCUT2D eigenvalue weighted by atomic mass is 19.2. The van der Waals surface area contributed by atoms with Crippen molar-refractivity contribution in [2.75, 3.05) is 11.9 Å². The summed E-state index contributed by atoms with van der Waals surface area (Å²) < 4.78 is 27.0. The number of aryl methyl sites for hydroxylation is 1. The summed E-state index contributed by atoms with van der Waals surface area (Å²) in [5.41, 5.74) is 2.63. The van der Waals surface area contributed by atoms with Gasteiger partial charge in [-0.2, -0.15) is 0 Å². The molecule has 0 unspecified atom stereocenters. The number of rotatable bonds is 3. The Morgan fingerprint density at radius 1 is 1.22 bits per heavy atom. The quantitative estimate of drug-likeness (QED) is 0.892. The minimum absolute atomic E-state index is 0.0942. The summed E-state index contributed by atoms with van der Waals surface area (Å²) in [6.45, 7) is 6.58. The van der Waals surface area contributed by atoms with Crippen molar-refractivity contribution in [2.24, 2.45) is 0 Å². The molecular formula is C14H16F2N2. The molecule has 96 valence electrons. The summed E-state index contributed by atoms with van der Waals surface area (Å²) in [6, 6.07) is 2.72. The van der Waals surface area contributed by atoms with Crippen LogP contribution in [0.5, 0.6) is 0 Å². The minimum atomic E-state index is -0.879. The van der Waals surface area contributed by atoms with Crippen LogP contribution in [0.3, 0.4) is 0 Å². The highest BCUT2D eigenvalue weighted by molar-refractivity contribution is 5.93. The minimum Gasteiger partial charge on any atom is -0.384 e. The number of benzene rings is 1. The molecule has 1 heterocycles. The highest BCUT2D eigenvalue weighted by Crippen LogP contribution is 2.30. The summed E-state index contributed by atoms with van der Waals surface area (Å²) >= 11 is 0. The van der Waals surface area contributed by atoms with E-state index in [4.69, 9.17) is 0 Å². The molecule has 0 aliphatic heterocycles. The lowest BCUT2D eigenvalue weighted by atomic mass is 10.1. The number of anilines is 1. The second kappa shape index (κ2) is 4.88. The van der Waals surface area contributed by atoms with E-state index >= 15 is 0 Å². The van der Waals surface area contributed by atoms with Crippen LogP contribution < -0.4 is 5.32 Å². The standard InChI is InChI=1S/C14H16F2N2/c1-4-7-17-13-8(2)9(3)18-14-10(13)5-6-11(15)12(14)16/h5-6H,4,7H2,1-3H3,(H,17,18). The summed E-state index contributed by atoms with van der Waals surface area (Å²) in [5.74, 6) is -1.74. The lowest BCUT2D eigenvalue weighted by Gasteiger charge is -2.14. The average molecular weight is 250 g/mol. The Kier molecular flexibility index (Phi) is 3.45. The third kappa shape index (κ3) is 2.03. The van der Waals surface area contributed by atoms with E-state index in [1.807, 2.05) is 6.92 Å². The van der Waals surface area contributed by atoms with E-state index in [2.05, 4.69) is 17.2 Å². The first-order valence-corrected chi connectivity index (χ1v) is 6.05. The van der Waals surface area contributed by atoms with Gasteiger partial charge in [-0.3, -0.25) is 0 Å². The predicted octanol–water partition coefficient (Wildman–Crippen LogP) is 3.95. The van der Waals surface area contributed by atoms with E-state index in [1.54, 1.807) is 13.0 Å². The molecular weight excluding hydrogens is 234 g/mol. The third-order valence-electron chi connectivity index (χ3n) is 3.09. The van der Waals surface area contributed by atoms with Gasteiger partial charge in [0.1, 0.15) is 5.52 Å². The number of hydrogen-bond acceptors (Lipinski definition) is 2.